The summed E-state index contributed by atoms with van der Waals surface area (Å²) in [5, 5.41) is 10.7. The Hall–Kier alpha value is -3.31. The Morgan fingerprint density at radius 2 is 1.00 bits per heavy atom. The zero-order valence-corrected chi connectivity index (χ0v) is 35.5. The highest BCUT2D eigenvalue weighted by Gasteiger charge is 2.36. The average molecular weight is 830 g/mol. The lowest BCUT2D eigenvalue weighted by Crippen LogP contribution is -2.33. The summed E-state index contributed by atoms with van der Waals surface area (Å²) in [4.78, 5) is 28.5. The first-order chi connectivity index (χ1) is 27.9. The molecule has 0 amide bonds. The molecule has 3 fully saturated rings. The number of piperidine rings is 3. The minimum absolute atomic E-state index is 0.0189. The van der Waals surface area contributed by atoms with E-state index in [1.54, 1.807) is 12.1 Å². The van der Waals surface area contributed by atoms with Gasteiger partial charge in [0.2, 0.25) is 0 Å². The number of phenols is 1. The van der Waals surface area contributed by atoms with Crippen molar-refractivity contribution in [2.45, 2.75) is 115 Å². The summed E-state index contributed by atoms with van der Waals surface area (Å²) in [6.07, 6.45) is 7.24. The summed E-state index contributed by atoms with van der Waals surface area (Å²) < 4.78 is 52.7. The fourth-order valence-electron chi connectivity index (χ4n) is 8.80. The summed E-state index contributed by atoms with van der Waals surface area (Å²) in [6, 6.07) is 15.5. The molecule has 0 radical (unpaired) electrons. The summed E-state index contributed by atoms with van der Waals surface area (Å²) in [7, 11) is 0. The predicted molar refractivity (Wildman–Crippen MR) is 227 cm³/mol. The van der Waals surface area contributed by atoms with Crippen LogP contribution in [-0.4, -0.2) is 91.3 Å². The number of carbonyl (C=O) groups excluding carboxylic acids is 2. The van der Waals surface area contributed by atoms with Gasteiger partial charge in [0, 0.05) is 17.9 Å². The molecule has 0 spiro atoms. The second kappa shape index (κ2) is 24.1. The van der Waals surface area contributed by atoms with Crippen LogP contribution in [0.1, 0.15) is 130 Å². The first kappa shape index (κ1) is 47.4. The number of alkyl halides is 3. The molecular formula is C47H64ClF4N3O3. The van der Waals surface area contributed by atoms with Gasteiger partial charge in [-0.05, 0) is 168 Å². The van der Waals surface area contributed by atoms with Crippen molar-refractivity contribution in [3.05, 3.63) is 98.8 Å². The number of rotatable bonds is 13. The molecular weight excluding hydrogens is 766 g/mol. The fourth-order valence-corrected chi connectivity index (χ4v) is 9.15. The summed E-state index contributed by atoms with van der Waals surface area (Å²) in [6.45, 7) is 16.1. The summed E-state index contributed by atoms with van der Waals surface area (Å²) in [5.74, 6) is 0.120. The van der Waals surface area contributed by atoms with E-state index in [4.69, 9.17) is 11.6 Å². The van der Waals surface area contributed by atoms with Crippen LogP contribution in [0, 0.1) is 5.82 Å². The quantitative estimate of drug-likeness (QED) is 0.137. The summed E-state index contributed by atoms with van der Waals surface area (Å²) in [5.41, 5.74) is 3.04. The van der Waals surface area contributed by atoms with Crippen LogP contribution in [-0.2, 0) is 28.6 Å². The molecule has 3 aromatic carbocycles. The van der Waals surface area contributed by atoms with Crippen molar-refractivity contribution in [1.82, 2.24) is 14.7 Å². The molecule has 3 aliphatic heterocycles. The van der Waals surface area contributed by atoms with Crippen molar-refractivity contribution in [3.8, 4) is 5.75 Å². The van der Waals surface area contributed by atoms with Crippen molar-refractivity contribution >= 4 is 24.2 Å². The van der Waals surface area contributed by atoms with E-state index < -0.39 is 17.5 Å². The van der Waals surface area contributed by atoms with Crippen LogP contribution < -0.4 is 0 Å². The van der Waals surface area contributed by atoms with Crippen LogP contribution in [0.15, 0.2) is 54.6 Å². The molecule has 6 nitrogen and oxygen atoms in total. The molecule has 0 aliphatic carbocycles. The molecule has 3 aliphatic rings. The first-order valence-corrected chi connectivity index (χ1v) is 21.8. The number of halogens is 5. The number of aldehydes is 2. The van der Waals surface area contributed by atoms with Gasteiger partial charge < -0.3 is 29.4 Å². The molecule has 3 aromatic rings. The molecule has 58 heavy (non-hydrogen) atoms. The van der Waals surface area contributed by atoms with E-state index >= 15 is 0 Å². The van der Waals surface area contributed by atoms with Crippen LogP contribution in [0.2, 0.25) is 5.02 Å². The Bertz CT molecular complexity index is 1620. The van der Waals surface area contributed by atoms with E-state index in [0.717, 1.165) is 119 Å². The maximum atomic E-state index is 14.3. The van der Waals surface area contributed by atoms with Crippen molar-refractivity contribution in [2.24, 2.45) is 0 Å². The van der Waals surface area contributed by atoms with Crippen molar-refractivity contribution < 1.29 is 32.3 Å². The molecule has 6 rings (SSSR count). The molecule has 320 valence electrons. The Morgan fingerprint density at radius 3 is 1.45 bits per heavy atom. The largest absolute Gasteiger partial charge is 0.507 e. The van der Waals surface area contributed by atoms with E-state index in [2.05, 4.69) is 41.5 Å². The second-order valence-corrected chi connectivity index (χ2v) is 16.3. The molecule has 0 aromatic heterocycles. The highest BCUT2D eigenvalue weighted by molar-refractivity contribution is 6.32. The van der Waals surface area contributed by atoms with E-state index in [1.807, 2.05) is 24.3 Å². The minimum Gasteiger partial charge on any atom is -0.507 e. The van der Waals surface area contributed by atoms with Crippen LogP contribution in [0.5, 0.6) is 5.75 Å². The lowest BCUT2D eigenvalue weighted by Gasteiger charge is -2.32. The van der Waals surface area contributed by atoms with Gasteiger partial charge in [-0.3, -0.25) is 0 Å². The first-order valence-electron chi connectivity index (χ1n) is 21.4. The third-order valence-electron chi connectivity index (χ3n) is 11.9. The van der Waals surface area contributed by atoms with E-state index in [0.29, 0.717) is 29.4 Å². The lowest BCUT2D eigenvalue weighted by molar-refractivity contribution is -0.138. The molecule has 1 N–H and O–H groups in total. The third kappa shape index (κ3) is 13.6. The van der Waals surface area contributed by atoms with Gasteiger partial charge in [-0.15, -0.1) is 0 Å². The highest BCUT2D eigenvalue weighted by Crippen LogP contribution is 2.42. The fraction of sp³-hybridized carbons (Fsp3) is 0.574. The van der Waals surface area contributed by atoms with Crippen LogP contribution in [0.25, 0.3) is 0 Å². The van der Waals surface area contributed by atoms with Gasteiger partial charge in [0.05, 0.1) is 5.56 Å². The van der Waals surface area contributed by atoms with Crippen LogP contribution in [0.4, 0.5) is 17.6 Å². The standard InChI is InChI=1S/C16H22ClNO.C16H22FNO.C15H20F3NO/c2*1-2-9-18-10-6-13(7-11-18)15-5-3-4-14(8-12-19)16(15)17;1-2-8-19-9-6-11(7-10-19)12-4-3-5-13(14(12)20)15(16,17)18/h2*3-5,12-13H,2,6-11H2,1H3;3-5,11,20H,2,6-10H2,1H3. The Morgan fingerprint density at radius 1 is 0.621 bits per heavy atom. The van der Waals surface area contributed by atoms with Gasteiger partial charge in [-0.25, -0.2) is 4.39 Å². The predicted octanol–water partition coefficient (Wildman–Crippen LogP) is 10.8. The van der Waals surface area contributed by atoms with Gasteiger partial charge >= 0.3 is 6.18 Å². The second-order valence-electron chi connectivity index (χ2n) is 16.0. The third-order valence-corrected chi connectivity index (χ3v) is 12.4. The van der Waals surface area contributed by atoms with Crippen LogP contribution in [0.3, 0.4) is 0 Å². The number of likely N-dealkylation sites (tertiary alicyclic amines) is 3. The van der Waals surface area contributed by atoms with Crippen LogP contribution >= 0.6 is 11.6 Å². The smallest absolute Gasteiger partial charge is 0.419 e. The molecule has 3 saturated heterocycles. The Balaban J connectivity index is 0.000000193. The number of phenolic OH excluding ortho intramolecular Hbond substituents is 1. The number of hydrogen-bond acceptors (Lipinski definition) is 6. The maximum Gasteiger partial charge on any atom is 0.419 e. The molecule has 11 heteroatoms. The molecule has 3 heterocycles. The number of aromatic hydroxyl groups is 1. The maximum absolute atomic E-state index is 14.3. The van der Waals surface area contributed by atoms with Gasteiger partial charge in [-0.1, -0.05) is 80.9 Å². The molecule has 0 saturated carbocycles. The minimum atomic E-state index is -4.50. The average Bonchev–Trinajstić information content (AvgIpc) is 3.21. The number of carbonyl (C=O) groups is 2. The Labute approximate surface area is 348 Å². The molecule has 0 atom stereocenters. The number of nitrogens with zero attached hydrogens (tertiary/aromatic N) is 3. The van der Waals surface area contributed by atoms with Crippen molar-refractivity contribution in [1.29, 1.82) is 0 Å². The van der Waals surface area contributed by atoms with Crippen molar-refractivity contribution in [3.63, 3.8) is 0 Å². The lowest BCUT2D eigenvalue weighted by atomic mass is 9.87. The SMILES string of the molecule is CCCN1CCC(c2cccc(C(F)(F)F)c2O)CC1.CCCN1CCC(c2cccc(CC=O)c2Cl)CC1.CCCN1CCC(c2cccc(CC=O)c2F)CC1. The van der Waals surface area contributed by atoms with Gasteiger partial charge in [0.1, 0.15) is 24.1 Å². The number of benzene rings is 3. The molecule has 0 unspecified atom stereocenters. The van der Waals surface area contributed by atoms with E-state index in [9.17, 15) is 32.3 Å². The molecule has 0 bridgehead atoms. The van der Waals surface area contributed by atoms with Gasteiger partial charge in [0.25, 0.3) is 0 Å². The topological polar surface area (TPSA) is 64.1 Å². The normalized spacial score (nSPS) is 17.9. The summed E-state index contributed by atoms with van der Waals surface area (Å²) >= 11 is 6.45. The Kier molecular flexibility index (Phi) is 19.7. The van der Waals surface area contributed by atoms with E-state index in [1.165, 1.54) is 43.9 Å². The monoisotopic (exact) mass is 829 g/mol. The number of para-hydroxylation sites is 1. The zero-order chi connectivity index (χ0) is 42.1. The van der Waals surface area contributed by atoms with Gasteiger partial charge in [0.15, 0.2) is 0 Å². The zero-order valence-electron chi connectivity index (χ0n) is 34.7. The number of hydrogen-bond donors (Lipinski definition) is 1. The van der Waals surface area contributed by atoms with Gasteiger partial charge in [-0.2, -0.15) is 13.2 Å². The highest BCUT2D eigenvalue weighted by atomic mass is 35.5. The van der Waals surface area contributed by atoms with Crippen molar-refractivity contribution in [2.75, 3.05) is 58.9 Å². The van der Waals surface area contributed by atoms with E-state index in [-0.39, 0.29) is 18.2 Å².